The lowest BCUT2D eigenvalue weighted by atomic mass is 10.0. The molecule has 0 saturated heterocycles. The van der Waals surface area contributed by atoms with E-state index in [1.807, 2.05) is 12.1 Å². The summed E-state index contributed by atoms with van der Waals surface area (Å²) in [6.07, 6.45) is 1.59. The van der Waals surface area contributed by atoms with Crippen molar-refractivity contribution in [2.45, 2.75) is 13.5 Å². The van der Waals surface area contributed by atoms with Crippen LogP contribution in [0.3, 0.4) is 0 Å². The Morgan fingerprint density at radius 2 is 1.97 bits per heavy atom. The van der Waals surface area contributed by atoms with Gasteiger partial charge in [-0.05, 0) is 49.4 Å². The third kappa shape index (κ3) is 3.27. The van der Waals surface area contributed by atoms with E-state index in [0.29, 0.717) is 34.1 Å². The summed E-state index contributed by atoms with van der Waals surface area (Å²) in [5.74, 6) is -0.833. The maximum atomic E-state index is 12.9. The second-order valence-corrected chi connectivity index (χ2v) is 7.37. The van der Waals surface area contributed by atoms with Crippen molar-refractivity contribution in [3.8, 4) is 11.3 Å². The molecule has 3 heterocycles. The van der Waals surface area contributed by atoms with Gasteiger partial charge in [0.2, 0.25) is 0 Å². The van der Waals surface area contributed by atoms with E-state index in [0.717, 1.165) is 11.1 Å². The van der Waals surface area contributed by atoms with Gasteiger partial charge < -0.3 is 14.3 Å². The highest BCUT2D eigenvalue weighted by atomic mass is 16.5. The Hall–Kier alpha value is -4.46. The second-order valence-electron chi connectivity index (χ2n) is 7.37. The Bertz CT molecular complexity index is 1360. The number of nitrogens with zero attached hydrogens (tertiary/aromatic N) is 2. The molecule has 2 aliphatic rings. The molecule has 0 atom stereocenters. The third-order valence-corrected chi connectivity index (χ3v) is 5.29. The summed E-state index contributed by atoms with van der Waals surface area (Å²) in [5.41, 5.74) is 3.33. The molecule has 0 fully saturated rings. The van der Waals surface area contributed by atoms with Crippen molar-refractivity contribution in [1.29, 1.82) is 0 Å². The van der Waals surface area contributed by atoms with Gasteiger partial charge in [0.1, 0.15) is 18.1 Å². The Labute approximate surface area is 182 Å². The van der Waals surface area contributed by atoms with Gasteiger partial charge in [-0.1, -0.05) is 18.2 Å². The first-order valence-electron chi connectivity index (χ1n) is 9.76. The Morgan fingerprint density at radius 3 is 2.78 bits per heavy atom. The van der Waals surface area contributed by atoms with Crippen LogP contribution in [-0.2, 0) is 16.1 Å². The predicted octanol–water partition coefficient (Wildman–Crippen LogP) is 4.12. The second kappa shape index (κ2) is 7.35. The molecule has 1 amide bonds. The van der Waals surface area contributed by atoms with Crippen LogP contribution in [0.4, 0.5) is 5.69 Å². The molecule has 1 N–H and O–H groups in total. The minimum Gasteiger partial charge on any atom is -0.478 e. The molecule has 1 aromatic heterocycles. The molecular weight excluding hydrogens is 412 g/mol. The number of fused-ring (bicyclic) bond motifs is 1. The molecular formula is C24H16N2O6. The maximum absolute atomic E-state index is 12.9. The minimum absolute atomic E-state index is 0.0643. The van der Waals surface area contributed by atoms with Gasteiger partial charge in [-0.3, -0.25) is 4.79 Å². The maximum Gasteiger partial charge on any atom is 0.338 e. The van der Waals surface area contributed by atoms with Gasteiger partial charge >= 0.3 is 11.9 Å². The van der Waals surface area contributed by atoms with Gasteiger partial charge in [0.15, 0.2) is 0 Å². The van der Waals surface area contributed by atoms with Crippen LogP contribution >= 0.6 is 0 Å². The predicted molar refractivity (Wildman–Crippen MR) is 115 cm³/mol. The van der Waals surface area contributed by atoms with Crippen molar-refractivity contribution in [3.05, 3.63) is 82.6 Å². The summed E-state index contributed by atoms with van der Waals surface area (Å²) in [5, 5.41) is 14.6. The topological polar surface area (TPSA) is 109 Å². The van der Waals surface area contributed by atoms with Crippen LogP contribution in [0.15, 0.2) is 69.7 Å². The van der Waals surface area contributed by atoms with Crippen molar-refractivity contribution in [2.24, 2.45) is 5.10 Å². The molecule has 0 unspecified atom stereocenters. The van der Waals surface area contributed by atoms with Crippen molar-refractivity contribution in [1.82, 2.24) is 0 Å². The van der Waals surface area contributed by atoms with Crippen LogP contribution in [0.25, 0.3) is 17.4 Å². The molecule has 32 heavy (non-hydrogen) atoms. The lowest BCUT2D eigenvalue weighted by molar-refractivity contribution is -0.114. The number of benzene rings is 2. The zero-order valence-electron chi connectivity index (χ0n) is 16.9. The number of rotatable bonds is 4. The molecule has 158 valence electrons. The molecule has 0 bridgehead atoms. The molecule has 5 rings (SSSR count). The minimum atomic E-state index is -1.09. The first-order valence-corrected chi connectivity index (χ1v) is 9.76. The highest BCUT2D eigenvalue weighted by Gasteiger charge is 2.29. The number of hydrazone groups is 1. The standard InChI is InChI=1S/C24H16N2O6/c1-13-19(22(27)26(25-13)17-4-2-3-15(9-17)23(28)29)11-18-7-8-21(32-18)14-5-6-16-12-31-24(30)20(16)10-14/h2-11H,12H2,1H3,(H,28,29)/b19-11-. The van der Waals surface area contributed by atoms with Gasteiger partial charge in [-0.15, -0.1) is 0 Å². The molecule has 0 radical (unpaired) electrons. The highest BCUT2D eigenvalue weighted by molar-refractivity contribution is 6.32. The molecule has 3 aromatic rings. The quantitative estimate of drug-likeness (QED) is 0.495. The summed E-state index contributed by atoms with van der Waals surface area (Å²) in [6.45, 7) is 1.97. The van der Waals surface area contributed by atoms with Crippen molar-refractivity contribution in [2.75, 3.05) is 5.01 Å². The third-order valence-electron chi connectivity index (χ3n) is 5.29. The molecule has 2 aromatic carbocycles. The van der Waals surface area contributed by atoms with E-state index in [1.54, 1.807) is 43.3 Å². The summed E-state index contributed by atoms with van der Waals surface area (Å²) in [7, 11) is 0. The number of furan rings is 1. The number of carbonyl (C=O) groups excluding carboxylic acids is 2. The lowest BCUT2D eigenvalue weighted by Gasteiger charge is -2.12. The molecule has 0 aliphatic carbocycles. The Morgan fingerprint density at radius 1 is 1.12 bits per heavy atom. The smallest absolute Gasteiger partial charge is 0.338 e. The van der Waals surface area contributed by atoms with Crippen LogP contribution in [0.5, 0.6) is 0 Å². The zero-order valence-corrected chi connectivity index (χ0v) is 16.9. The number of anilines is 1. The number of aromatic carboxylic acids is 1. The van der Waals surface area contributed by atoms with Gasteiger partial charge in [-0.2, -0.15) is 10.1 Å². The molecule has 0 saturated carbocycles. The van der Waals surface area contributed by atoms with Crippen LogP contribution in [0, 0.1) is 0 Å². The fraction of sp³-hybridized carbons (Fsp3) is 0.0833. The van der Waals surface area contributed by atoms with Gasteiger partial charge in [-0.25, -0.2) is 9.59 Å². The Balaban J connectivity index is 1.42. The van der Waals surface area contributed by atoms with Crippen molar-refractivity contribution >= 4 is 35.3 Å². The van der Waals surface area contributed by atoms with Crippen LogP contribution in [0.2, 0.25) is 0 Å². The van der Waals surface area contributed by atoms with Gasteiger partial charge in [0, 0.05) is 11.1 Å². The summed E-state index contributed by atoms with van der Waals surface area (Å²) < 4.78 is 10.9. The van der Waals surface area contributed by atoms with Crippen LogP contribution < -0.4 is 5.01 Å². The van der Waals surface area contributed by atoms with Crippen LogP contribution in [-0.4, -0.2) is 28.7 Å². The fourth-order valence-corrected chi connectivity index (χ4v) is 3.62. The lowest BCUT2D eigenvalue weighted by Crippen LogP contribution is -2.21. The fourth-order valence-electron chi connectivity index (χ4n) is 3.62. The number of carbonyl (C=O) groups is 3. The van der Waals surface area contributed by atoms with Crippen molar-refractivity contribution < 1.29 is 28.6 Å². The van der Waals surface area contributed by atoms with Crippen molar-refractivity contribution in [3.63, 3.8) is 0 Å². The van der Waals surface area contributed by atoms with E-state index in [1.165, 1.54) is 17.1 Å². The number of carboxylic acid groups (broad SMARTS) is 1. The number of hydrogen-bond acceptors (Lipinski definition) is 6. The summed E-state index contributed by atoms with van der Waals surface area (Å²) in [6, 6.07) is 14.9. The van der Waals surface area contributed by atoms with Gasteiger partial charge in [0.05, 0.1) is 28.1 Å². The first-order chi connectivity index (χ1) is 15.4. The van der Waals surface area contributed by atoms with E-state index in [2.05, 4.69) is 5.10 Å². The number of amides is 1. The van der Waals surface area contributed by atoms with E-state index in [4.69, 9.17) is 9.15 Å². The van der Waals surface area contributed by atoms with E-state index >= 15 is 0 Å². The van der Waals surface area contributed by atoms with E-state index in [-0.39, 0.29) is 24.0 Å². The molecule has 2 aliphatic heterocycles. The monoisotopic (exact) mass is 428 g/mol. The largest absolute Gasteiger partial charge is 0.478 e. The molecule has 8 nitrogen and oxygen atoms in total. The SMILES string of the molecule is CC1=NN(c2cccc(C(=O)O)c2)C(=O)/C1=C\c1ccc(-c2ccc3c(c2)C(=O)OC3)o1. The van der Waals surface area contributed by atoms with Gasteiger partial charge in [0.25, 0.3) is 5.91 Å². The average molecular weight is 428 g/mol. The van der Waals surface area contributed by atoms with Crippen LogP contribution in [0.1, 0.15) is 39.0 Å². The average Bonchev–Trinajstić information content (AvgIpc) is 3.48. The first kappa shape index (κ1) is 19.5. The number of cyclic esters (lactones) is 1. The highest BCUT2D eigenvalue weighted by Crippen LogP contribution is 2.30. The summed E-state index contributed by atoms with van der Waals surface area (Å²) in [4.78, 5) is 36.0. The number of carboxylic acids is 1. The normalized spacial score (nSPS) is 16.3. The van der Waals surface area contributed by atoms with E-state index in [9.17, 15) is 19.5 Å². The Kier molecular flexibility index (Phi) is 4.48. The molecule has 0 spiro atoms. The number of ether oxygens (including phenoxy) is 1. The zero-order chi connectivity index (χ0) is 22.4. The molecule has 8 heteroatoms. The number of hydrogen-bond donors (Lipinski definition) is 1. The number of esters is 1. The summed E-state index contributed by atoms with van der Waals surface area (Å²) >= 11 is 0. The van der Waals surface area contributed by atoms with E-state index < -0.39 is 5.97 Å².